The molecule has 0 amide bonds. The van der Waals surface area contributed by atoms with Crippen LogP contribution in [0.2, 0.25) is 4.55 Å². The minimum atomic E-state index is 0.231. The van der Waals surface area contributed by atoms with Crippen LogP contribution in [0.3, 0.4) is 0 Å². The highest BCUT2D eigenvalue weighted by molar-refractivity contribution is 14.1. The van der Waals surface area contributed by atoms with Gasteiger partial charge in [-0.1, -0.05) is 18.6 Å². The van der Waals surface area contributed by atoms with Gasteiger partial charge in [0.1, 0.15) is 6.79 Å². The highest BCUT2D eigenvalue weighted by Crippen LogP contribution is 1.96. The number of halogens is 1. The van der Waals surface area contributed by atoms with Gasteiger partial charge in [0, 0.05) is 6.61 Å². The van der Waals surface area contributed by atoms with Crippen LogP contribution in [-0.4, -0.2) is 36.5 Å². The van der Waals surface area contributed by atoms with Crippen LogP contribution in [0.5, 0.6) is 0 Å². The topological polar surface area (TPSA) is 18.5 Å². The van der Waals surface area contributed by atoms with Crippen LogP contribution in [0.4, 0.5) is 0 Å². The van der Waals surface area contributed by atoms with Crippen molar-refractivity contribution < 1.29 is 9.47 Å². The molecule has 0 atom stereocenters. The van der Waals surface area contributed by atoms with E-state index in [9.17, 15) is 0 Å². The standard InChI is InChI=1S/C9H17O2.HI.Mg/c1-3-5-6-7-8-11-9-10-4-2;;/h5-6H,1,3-4,7-9H2,2H3;1H;/q;;+1/p-1/b6-5-;;. The first-order valence-electron chi connectivity index (χ1n) is 4.78. The van der Waals surface area contributed by atoms with E-state index in [4.69, 9.17) is 9.47 Å². The lowest BCUT2D eigenvalue weighted by Gasteiger charge is -2.00. The molecule has 0 aromatic heterocycles. The third kappa shape index (κ3) is 13.2. The maximum absolute atomic E-state index is 5.21. The Hall–Kier alpha value is 1.16. The molecular weight excluding hydrogens is 291 g/mol. The Morgan fingerprint density at radius 3 is 2.69 bits per heavy atom. The molecule has 13 heavy (non-hydrogen) atoms. The lowest BCUT2D eigenvalue weighted by molar-refractivity contribution is -0.0476. The van der Waals surface area contributed by atoms with Crippen LogP contribution in [0.15, 0.2) is 12.2 Å². The molecule has 0 aromatic carbocycles. The number of allylic oxidation sites excluding steroid dienone is 1. The van der Waals surface area contributed by atoms with Gasteiger partial charge >= 0.3 is 16.5 Å². The predicted octanol–water partition coefficient (Wildman–Crippen LogP) is 2.81. The average Bonchev–Trinajstić information content (AvgIpc) is 2.16. The van der Waals surface area contributed by atoms with Gasteiger partial charge in [0.25, 0.3) is 0 Å². The van der Waals surface area contributed by atoms with Crippen molar-refractivity contribution in [1.82, 2.24) is 0 Å². The normalized spacial score (nSPS) is 10.6. The van der Waals surface area contributed by atoms with E-state index in [-0.39, 0.29) is 16.5 Å². The summed E-state index contributed by atoms with van der Waals surface area (Å²) < 4.78 is 11.7. The van der Waals surface area contributed by atoms with Crippen molar-refractivity contribution in [2.45, 2.75) is 24.3 Å². The quantitative estimate of drug-likeness (QED) is 0.214. The second-order valence-electron chi connectivity index (χ2n) is 2.61. The zero-order valence-electron chi connectivity index (χ0n) is 8.30. The van der Waals surface area contributed by atoms with Crippen LogP contribution < -0.4 is 0 Å². The van der Waals surface area contributed by atoms with E-state index in [2.05, 4.69) is 31.0 Å². The van der Waals surface area contributed by atoms with Gasteiger partial charge in [0.05, 0.1) is 6.61 Å². The van der Waals surface area contributed by atoms with Gasteiger partial charge in [-0.25, -0.2) is 0 Å². The maximum atomic E-state index is 5.21. The number of hydrogen-bond acceptors (Lipinski definition) is 2. The summed E-state index contributed by atoms with van der Waals surface area (Å²) >= 11 is 2.77. The Labute approximate surface area is 101 Å². The third-order valence-electron chi connectivity index (χ3n) is 1.47. The molecule has 0 aromatic rings. The summed E-state index contributed by atoms with van der Waals surface area (Å²) in [5.74, 6) is 0. The number of hydrogen-bond donors (Lipinski definition) is 0. The van der Waals surface area contributed by atoms with Crippen molar-refractivity contribution in [3.8, 4) is 0 Å². The zero-order chi connectivity index (χ0) is 9.78. The maximum Gasteiger partial charge on any atom is 0.464 e. The molecule has 0 rings (SSSR count). The summed E-state index contributed by atoms with van der Waals surface area (Å²) in [5.41, 5.74) is 0. The summed E-state index contributed by atoms with van der Waals surface area (Å²) in [6, 6.07) is 0. The minimum absolute atomic E-state index is 0.231. The van der Waals surface area contributed by atoms with Gasteiger partial charge in [-0.3, -0.25) is 0 Å². The van der Waals surface area contributed by atoms with Gasteiger partial charge in [0.2, 0.25) is 0 Å². The van der Waals surface area contributed by atoms with Crippen molar-refractivity contribution in [3.63, 3.8) is 0 Å². The molecule has 0 aliphatic carbocycles. The summed E-state index contributed by atoms with van der Waals surface area (Å²) in [4.78, 5) is 0. The van der Waals surface area contributed by atoms with Crippen molar-refractivity contribution in [3.05, 3.63) is 12.2 Å². The monoisotopic (exact) mass is 308 g/mol. The van der Waals surface area contributed by atoms with Gasteiger partial charge < -0.3 is 28.3 Å². The van der Waals surface area contributed by atoms with E-state index in [1.165, 1.54) is 11.0 Å². The van der Waals surface area contributed by atoms with Crippen LogP contribution in [0, 0.1) is 0 Å². The van der Waals surface area contributed by atoms with Gasteiger partial charge in [-0.15, -0.1) is 4.55 Å². The molecule has 2 nitrogen and oxygen atoms in total. The Bertz CT molecular complexity index is 120. The third-order valence-corrected chi connectivity index (χ3v) is 4.43. The highest BCUT2D eigenvalue weighted by Gasteiger charge is 1.86. The molecule has 0 saturated carbocycles. The highest BCUT2D eigenvalue weighted by atomic mass is 127. The number of ether oxygens (including phenoxy) is 2. The van der Waals surface area contributed by atoms with E-state index in [0.29, 0.717) is 6.79 Å². The molecule has 0 fully saturated rings. The summed E-state index contributed by atoms with van der Waals surface area (Å²) in [6.45, 7) is 3.91. The van der Waals surface area contributed by atoms with Gasteiger partial charge in [-0.2, -0.15) is 0 Å². The SMILES string of the molecule is CCOCOCC/C=C\C[CH2][Mg][I]. The van der Waals surface area contributed by atoms with Crippen LogP contribution in [0.1, 0.15) is 19.8 Å². The van der Waals surface area contributed by atoms with E-state index < -0.39 is 0 Å². The largest absolute Gasteiger partial charge is 0.464 e. The van der Waals surface area contributed by atoms with Crippen LogP contribution >= 0.6 is 18.9 Å². The number of rotatable bonds is 9. The molecule has 0 aliphatic rings. The lowest BCUT2D eigenvalue weighted by Crippen LogP contribution is -1.99. The fraction of sp³-hybridized carbons (Fsp3) is 0.778. The molecule has 4 heteroatoms. The van der Waals surface area contributed by atoms with E-state index in [1.54, 1.807) is 0 Å². The predicted molar refractivity (Wildman–Crippen MR) is 65.4 cm³/mol. The van der Waals surface area contributed by atoms with E-state index in [1.807, 2.05) is 6.92 Å². The molecular formula is C9H17IMgO2. The van der Waals surface area contributed by atoms with E-state index >= 15 is 0 Å². The summed E-state index contributed by atoms with van der Waals surface area (Å²) in [6.07, 6.45) is 6.72. The van der Waals surface area contributed by atoms with Crippen molar-refractivity contribution in [1.29, 1.82) is 0 Å². The molecule has 0 radical (unpaired) electrons. The Morgan fingerprint density at radius 2 is 2.00 bits per heavy atom. The molecule has 74 valence electrons. The molecule has 0 heterocycles. The Kier molecular flexibility index (Phi) is 14.3. The van der Waals surface area contributed by atoms with Crippen LogP contribution in [0.25, 0.3) is 0 Å². The molecule has 0 saturated heterocycles. The van der Waals surface area contributed by atoms with Crippen molar-refractivity contribution >= 4 is 35.3 Å². The second kappa shape index (κ2) is 13.2. The smallest absolute Gasteiger partial charge is 0.356 e. The molecule has 0 aliphatic heterocycles. The molecule has 0 unspecified atom stereocenters. The molecule has 0 bridgehead atoms. The fourth-order valence-electron chi connectivity index (χ4n) is 0.783. The summed E-state index contributed by atoms with van der Waals surface area (Å²) in [5, 5.41) is 0. The summed E-state index contributed by atoms with van der Waals surface area (Å²) in [7, 11) is 0. The van der Waals surface area contributed by atoms with Gasteiger partial charge in [-0.05, 0) is 13.3 Å². The Morgan fingerprint density at radius 1 is 1.23 bits per heavy atom. The molecule has 0 N–H and O–H groups in total. The average molecular weight is 308 g/mol. The van der Waals surface area contributed by atoms with Crippen molar-refractivity contribution in [2.24, 2.45) is 0 Å². The lowest BCUT2D eigenvalue weighted by atomic mass is 10.3. The van der Waals surface area contributed by atoms with E-state index in [0.717, 1.165) is 19.6 Å². The first-order chi connectivity index (χ1) is 6.41. The van der Waals surface area contributed by atoms with Crippen LogP contribution in [-0.2, 0) is 9.47 Å². The Balaban J connectivity index is 2.93. The minimum Gasteiger partial charge on any atom is -0.356 e. The van der Waals surface area contributed by atoms with Gasteiger partial charge in [0.15, 0.2) is 0 Å². The molecule has 0 spiro atoms. The second-order valence-corrected chi connectivity index (χ2v) is 6.93. The fourth-order valence-corrected chi connectivity index (χ4v) is 2.49. The zero-order valence-corrected chi connectivity index (χ0v) is 11.9. The van der Waals surface area contributed by atoms with Crippen molar-refractivity contribution in [2.75, 3.05) is 20.0 Å². The first kappa shape index (κ1) is 14.2. The first-order valence-corrected chi connectivity index (χ1v) is 10.9.